The number of hydrogen-bond acceptors (Lipinski definition) is 7. The van der Waals surface area contributed by atoms with Crippen LogP contribution in [-0.4, -0.2) is 26.8 Å². The van der Waals surface area contributed by atoms with Gasteiger partial charge in [0.05, 0.1) is 23.6 Å². The van der Waals surface area contributed by atoms with Crippen molar-refractivity contribution < 1.29 is 9.18 Å². The van der Waals surface area contributed by atoms with Crippen molar-refractivity contribution in [2.75, 3.05) is 11.1 Å². The number of nitrogens with one attached hydrogen (secondary N) is 1. The highest BCUT2D eigenvalue weighted by atomic mass is 32.2. The Morgan fingerprint density at radius 3 is 2.83 bits per heavy atom. The highest BCUT2D eigenvalue weighted by molar-refractivity contribution is 8.13. The van der Waals surface area contributed by atoms with Crippen LogP contribution in [0.5, 0.6) is 0 Å². The van der Waals surface area contributed by atoms with Gasteiger partial charge < -0.3 is 11.1 Å². The maximum absolute atomic E-state index is 14.5. The minimum atomic E-state index is -0.762. The lowest BCUT2D eigenvalue weighted by Crippen LogP contribution is -2.29. The molecule has 0 saturated carbocycles. The van der Waals surface area contributed by atoms with Gasteiger partial charge in [-0.05, 0) is 43.0 Å². The van der Waals surface area contributed by atoms with E-state index in [1.807, 2.05) is 23.8 Å². The van der Waals surface area contributed by atoms with E-state index in [1.54, 1.807) is 23.6 Å². The molecule has 1 aliphatic rings. The van der Waals surface area contributed by atoms with Gasteiger partial charge in [0.1, 0.15) is 11.5 Å². The van der Waals surface area contributed by atoms with Gasteiger partial charge >= 0.3 is 0 Å². The van der Waals surface area contributed by atoms with Crippen LogP contribution in [0.1, 0.15) is 29.4 Å². The van der Waals surface area contributed by atoms with Gasteiger partial charge in [-0.1, -0.05) is 11.8 Å². The third-order valence-electron chi connectivity index (χ3n) is 4.70. The fourth-order valence-corrected chi connectivity index (χ4v) is 4.72. The third-order valence-corrected chi connectivity index (χ3v) is 6.18. The molecule has 1 atom stereocenters. The van der Waals surface area contributed by atoms with Crippen molar-refractivity contribution in [1.29, 1.82) is 0 Å². The monoisotopic (exact) mass is 427 g/mol. The van der Waals surface area contributed by atoms with Crippen LogP contribution >= 0.6 is 23.1 Å². The number of thiophene rings is 1. The molecule has 9 heteroatoms. The number of nitrogens with zero attached hydrogens (tertiary/aromatic N) is 3. The van der Waals surface area contributed by atoms with E-state index in [0.717, 1.165) is 11.3 Å². The Bertz CT molecular complexity index is 1070. The molecule has 0 unspecified atom stereocenters. The molecule has 0 saturated heterocycles. The zero-order valence-electron chi connectivity index (χ0n) is 15.6. The number of aliphatic imine (C=N–C) groups is 1. The molecular weight excluding hydrogens is 409 g/mol. The summed E-state index contributed by atoms with van der Waals surface area (Å²) in [6.45, 7) is 1.85. The number of carbonyl (C=O) groups excluding carboxylic acids is 1. The largest absolute Gasteiger partial charge is 0.379 e. The van der Waals surface area contributed by atoms with Crippen molar-refractivity contribution in [2.24, 2.45) is 10.7 Å². The number of hydrogen-bond donors (Lipinski definition) is 2. The van der Waals surface area contributed by atoms with Crippen LogP contribution in [0.2, 0.25) is 0 Å². The molecule has 4 rings (SSSR count). The van der Waals surface area contributed by atoms with E-state index in [-0.39, 0.29) is 11.5 Å². The molecule has 6 nitrogen and oxygen atoms in total. The first-order valence-electron chi connectivity index (χ1n) is 8.89. The predicted molar refractivity (Wildman–Crippen MR) is 116 cm³/mol. The van der Waals surface area contributed by atoms with Crippen molar-refractivity contribution in [2.45, 2.75) is 18.9 Å². The second kappa shape index (κ2) is 7.92. The summed E-state index contributed by atoms with van der Waals surface area (Å²) >= 11 is 3.02. The van der Waals surface area contributed by atoms with Crippen molar-refractivity contribution in [3.05, 3.63) is 64.5 Å². The molecule has 3 N–H and O–H groups in total. The quantitative estimate of drug-likeness (QED) is 0.649. The molecule has 0 radical (unpaired) electrons. The van der Waals surface area contributed by atoms with Gasteiger partial charge in [0.15, 0.2) is 5.17 Å². The minimum absolute atomic E-state index is 0.178. The lowest BCUT2D eigenvalue weighted by atomic mass is 9.89. The summed E-state index contributed by atoms with van der Waals surface area (Å²) in [5.41, 5.74) is 7.78. The van der Waals surface area contributed by atoms with E-state index in [4.69, 9.17) is 5.73 Å². The molecule has 148 valence electrons. The van der Waals surface area contributed by atoms with E-state index < -0.39 is 11.4 Å². The molecule has 3 aromatic rings. The lowest BCUT2D eigenvalue weighted by Gasteiger charge is -2.30. The average Bonchev–Trinajstić information content (AvgIpc) is 3.24. The molecule has 29 heavy (non-hydrogen) atoms. The van der Waals surface area contributed by atoms with Gasteiger partial charge in [0.25, 0.3) is 5.91 Å². The molecule has 0 fully saturated rings. The summed E-state index contributed by atoms with van der Waals surface area (Å²) in [6, 6.07) is 6.38. The summed E-state index contributed by atoms with van der Waals surface area (Å²) in [5.74, 6) is -0.0401. The van der Waals surface area contributed by atoms with E-state index in [2.05, 4.69) is 20.3 Å². The van der Waals surface area contributed by atoms with Crippen molar-refractivity contribution in [1.82, 2.24) is 9.97 Å². The molecule has 3 heterocycles. The smallest absolute Gasteiger partial charge is 0.275 e. The fourth-order valence-electron chi connectivity index (χ4n) is 3.10. The van der Waals surface area contributed by atoms with Crippen molar-refractivity contribution >= 4 is 39.9 Å². The summed E-state index contributed by atoms with van der Waals surface area (Å²) in [5, 5.41) is 7.11. The molecule has 2 aromatic heterocycles. The van der Waals surface area contributed by atoms with Gasteiger partial charge in [-0.3, -0.25) is 14.8 Å². The summed E-state index contributed by atoms with van der Waals surface area (Å²) in [6.07, 6.45) is 3.64. The Morgan fingerprint density at radius 1 is 1.28 bits per heavy atom. The molecule has 1 amide bonds. The molecule has 1 aliphatic heterocycles. The number of carbonyl (C=O) groups is 1. The highest BCUT2D eigenvalue weighted by Crippen LogP contribution is 2.37. The third kappa shape index (κ3) is 4.15. The van der Waals surface area contributed by atoms with E-state index in [0.29, 0.717) is 28.5 Å². The number of aromatic nitrogens is 2. The van der Waals surface area contributed by atoms with Crippen LogP contribution in [0.25, 0.3) is 11.3 Å². The number of amides is 1. The van der Waals surface area contributed by atoms with Crippen molar-refractivity contribution in [3.63, 3.8) is 0 Å². The Labute approximate surface area is 175 Å². The van der Waals surface area contributed by atoms with Crippen LogP contribution in [0.4, 0.5) is 10.1 Å². The number of nitrogens with two attached hydrogens (primary N) is 1. The SMILES string of the molecule is C[C@@]1(c2cc(NC(=O)c3cnc(-c4ccsc4)cn3)ccc2F)CCSC(N)=N1. The van der Waals surface area contributed by atoms with Crippen LogP contribution < -0.4 is 11.1 Å². The molecule has 0 aliphatic carbocycles. The standard InChI is InChI=1S/C20H18FN5OS2/c1-20(5-7-29-19(22)26-20)14-8-13(2-3-15(14)21)25-18(27)17-10-23-16(9-24-17)12-4-6-28-11-12/h2-4,6,8-11H,5,7H2,1H3,(H2,22,26)(H,25,27)/t20-/m0/s1. The number of thioether (sulfide) groups is 1. The van der Waals surface area contributed by atoms with E-state index in [1.165, 1.54) is 30.1 Å². The number of benzene rings is 1. The predicted octanol–water partition coefficient (Wildman–Crippen LogP) is 4.26. The van der Waals surface area contributed by atoms with E-state index >= 15 is 0 Å². The van der Waals surface area contributed by atoms with Gasteiger partial charge in [-0.25, -0.2) is 9.37 Å². The topological polar surface area (TPSA) is 93.3 Å². The number of halogens is 1. The summed E-state index contributed by atoms with van der Waals surface area (Å²) in [4.78, 5) is 25.5. The normalized spacial score (nSPS) is 18.9. The first-order chi connectivity index (χ1) is 13.9. The number of rotatable bonds is 4. The maximum Gasteiger partial charge on any atom is 0.275 e. The summed E-state index contributed by atoms with van der Waals surface area (Å²) in [7, 11) is 0. The highest BCUT2D eigenvalue weighted by Gasteiger charge is 2.32. The number of amidine groups is 1. The van der Waals surface area contributed by atoms with E-state index in [9.17, 15) is 9.18 Å². The maximum atomic E-state index is 14.5. The molecule has 0 spiro atoms. The first-order valence-corrected chi connectivity index (χ1v) is 10.8. The molecular formula is C20H18FN5OS2. The fraction of sp³-hybridized carbons (Fsp3) is 0.200. The Kier molecular flexibility index (Phi) is 5.33. The Balaban J connectivity index is 1.55. The second-order valence-electron chi connectivity index (χ2n) is 6.77. The van der Waals surface area contributed by atoms with Gasteiger partial charge in [0.2, 0.25) is 0 Å². The zero-order chi connectivity index (χ0) is 20.4. The van der Waals surface area contributed by atoms with Crippen LogP contribution in [0.15, 0.2) is 52.4 Å². The molecule has 1 aromatic carbocycles. The summed E-state index contributed by atoms with van der Waals surface area (Å²) < 4.78 is 14.5. The molecule has 0 bridgehead atoms. The van der Waals surface area contributed by atoms with Crippen LogP contribution in [-0.2, 0) is 5.54 Å². The van der Waals surface area contributed by atoms with Gasteiger partial charge in [-0.2, -0.15) is 11.3 Å². The Hall–Kier alpha value is -2.78. The zero-order valence-corrected chi connectivity index (χ0v) is 17.2. The van der Waals surface area contributed by atoms with Crippen LogP contribution in [0, 0.1) is 5.82 Å². The van der Waals surface area contributed by atoms with Gasteiger partial charge in [-0.15, -0.1) is 0 Å². The first kappa shape index (κ1) is 19.5. The number of anilines is 1. The van der Waals surface area contributed by atoms with Crippen LogP contribution in [0.3, 0.4) is 0 Å². The lowest BCUT2D eigenvalue weighted by molar-refractivity contribution is 0.102. The minimum Gasteiger partial charge on any atom is -0.379 e. The second-order valence-corrected chi connectivity index (χ2v) is 8.67. The van der Waals surface area contributed by atoms with Gasteiger partial charge in [0, 0.05) is 27.9 Å². The van der Waals surface area contributed by atoms with Crippen molar-refractivity contribution in [3.8, 4) is 11.3 Å². The Morgan fingerprint density at radius 2 is 2.14 bits per heavy atom. The average molecular weight is 428 g/mol.